The van der Waals surface area contributed by atoms with E-state index < -0.39 is 0 Å². The maximum Gasteiger partial charge on any atom is 0.268 e. The van der Waals surface area contributed by atoms with Crippen molar-refractivity contribution in [1.82, 2.24) is 14.9 Å². The summed E-state index contributed by atoms with van der Waals surface area (Å²) in [5.41, 5.74) is 7.07. The standard InChI is InChI=1S/C13H16N4OS/c1-8-5-15-12(19-8)6-16-13(18)11-4-9(14)7-17(11)10-2-3-10/h4-5,7,10H,2-3,6,14H2,1H3,(H,16,18). The maximum atomic E-state index is 12.2. The maximum absolute atomic E-state index is 12.2. The second kappa shape index (κ2) is 4.70. The fourth-order valence-electron chi connectivity index (χ4n) is 2.07. The first-order chi connectivity index (χ1) is 9.13. The molecule has 2 heterocycles. The molecule has 0 aliphatic heterocycles. The smallest absolute Gasteiger partial charge is 0.268 e. The van der Waals surface area contributed by atoms with Crippen molar-refractivity contribution >= 4 is 22.9 Å². The molecule has 0 saturated heterocycles. The van der Waals surface area contributed by atoms with E-state index in [1.54, 1.807) is 17.4 Å². The average Bonchev–Trinajstić information content (AvgIpc) is 3.03. The summed E-state index contributed by atoms with van der Waals surface area (Å²) in [6, 6.07) is 2.18. The molecule has 3 rings (SSSR count). The zero-order valence-corrected chi connectivity index (χ0v) is 11.5. The van der Waals surface area contributed by atoms with Crippen molar-refractivity contribution in [3.8, 4) is 0 Å². The SMILES string of the molecule is Cc1cnc(CNC(=O)c2cc(N)cn2C2CC2)s1. The number of carbonyl (C=O) groups excluding carboxylic acids is 1. The summed E-state index contributed by atoms with van der Waals surface area (Å²) < 4.78 is 1.98. The van der Waals surface area contributed by atoms with Gasteiger partial charge in [-0.25, -0.2) is 4.98 Å². The highest BCUT2D eigenvalue weighted by Gasteiger charge is 2.27. The molecule has 0 unspecified atom stereocenters. The van der Waals surface area contributed by atoms with E-state index in [1.807, 2.05) is 23.9 Å². The van der Waals surface area contributed by atoms with Gasteiger partial charge in [-0.15, -0.1) is 11.3 Å². The Morgan fingerprint density at radius 1 is 1.63 bits per heavy atom. The lowest BCUT2D eigenvalue weighted by molar-refractivity contribution is 0.0941. The molecule has 0 bridgehead atoms. The number of thiazole rings is 1. The molecular formula is C13H16N4OS. The van der Waals surface area contributed by atoms with Gasteiger partial charge < -0.3 is 15.6 Å². The van der Waals surface area contributed by atoms with E-state index in [-0.39, 0.29) is 5.91 Å². The largest absolute Gasteiger partial charge is 0.397 e. The summed E-state index contributed by atoms with van der Waals surface area (Å²) in [7, 11) is 0. The van der Waals surface area contributed by atoms with Crippen LogP contribution in [0.4, 0.5) is 5.69 Å². The number of carbonyl (C=O) groups is 1. The van der Waals surface area contributed by atoms with Gasteiger partial charge in [0.25, 0.3) is 5.91 Å². The van der Waals surface area contributed by atoms with E-state index in [0.717, 1.165) is 22.7 Å². The molecule has 0 aromatic carbocycles. The lowest BCUT2D eigenvalue weighted by Gasteiger charge is -2.07. The lowest BCUT2D eigenvalue weighted by atomic mass is 10.3. The lowest BCUT2D eigenvalue weighted by Crippen LogP contribution is -2.25. The van der Waals surface area contributed by atoms with Gasteiger partial charge in [-0.2, -0.15) is 0 Å². The monoisotopic (exact) mass is 276 g/mol. The first kappa shape index (κ1) is 12.2. The number of amides is 1. The van der Waals surface area contributed by atoms with Crippen LogP contribution in [0.1, 0.15) is 39.3 Å². The molecule has 1 aliphatic rings. The third kappa shape index (κ3) is 2.63. The van der Waals surface area contributed by atoms with Gasteiger partial charge >= 0.3 is 0 Å². The molecule has 19 heavy (non-hydrogen) atoms. The van der Waals surface area contributed by atoms with E-state index in [9.17, 15) is 4.79 Å². The number of aryl methyl sites for hydroxylation is 1. The van der Waals surface area contributed by atoms with Gasteiger partial charge in [0.05, 0.1) is 12.2 Å². The first-order valence-corrected chi connectivity index (χ1v) is 7.12. The Labute approximate surface area is 115 Å². The molecule has 1 fully saturated rings. The fraction of sp³-hybridized carbons (Fsp3) is 0.385. The molecule has 6 heteroatoms. The molecule has 100 valence electrons. The Bertz CT molecular complexity index is 612. The van der Waals surface area contributed by atoms with E-state index in [0.29, 0.717) is 24.0 Å². The number of nitrogens with zero attached hydrogens (tertiary/aromatic N) is 2. The van der Waals surface area contributed by atoms with Crippen LogP contribution in [0.2, 0.25) is 0 Å². The molecule has 2 aromatic heterocycles. The fourth-order valence-corrected chi connectivity index (χ4v) is 2.79. The van der Waals surface area contributed by atoms with Crippen molar-refractivity contribution in [2.45, 2.75) is 32.4 Å². The van der Waals surface area contributed by atoms with Crippen LogP contribution in [-0.4, -0.2) is 15.5 Å². The highest BCUT2D eigenvalue weighted by molar-refractivity contribution is 7.11. The molecule has 3 N–H and O–H groups in total. The molecular weight excluding hydrogens is 260 g/mol. The van der Waals surface area contributed by atoms with Crippen molar-refractivity contribution in [3.05, 3.63) is 34.0 Å². The summed E-state index contributed by atoms with van der Waals surface area (Å²) in [5, 5.41) is 3.82. The quantitative estimate of drug-likeness (QED) is 0.898. The molecule has 0 atom stereocenters. The van der Waals surface area contributed by atoms with Gasteiger partial charge in [-0.05, 0) is 25.8 Å². The Morgan fingerprint density at radius 3 is 3.05 bits per heavy atom. The van der Waals surface area contributed by atoms with Crippen LogP contribution >= 0.6 is 11.3 Å². The molecule has 2 aromatic rings. The number of nitrogen functional groups attached to an aromatic ring is 1. The van der Waals surface area contributed by atoms with Gasteiger partial charge in [0.1, 0.15) is 10.7 Å². The summed E-state index contributed by atoms with van der Waals surface area (Å²) in [6.07, 6.45) is 5.91. The molecule has 1 aliphatic carbocycles. The Morgan fingerprint density at radius 2 is 2.42 bits per heavy atom. The van der Waals surface area contributed by atoms with Crippen LogP contribution in [0.15, 0.2) is 18.5 Å². The first-order valence-electron chi connectivity index (χ1n) is 6.30. The minimum absolute atomic E-state index is 0.0866. The summed E-state index contributed by atoms with van der Waals surface area (Å²) >= 11 is 1.60. The zero-order valence-electron chi connectivity index (χ0n) is 10.7. The predicted octanol–water partition coefficient (Wildman–Crippen LogP) is 2.10. The second-order valence-electron chi connectivity index (χ2n) is 4.84. The molecule has 0 radical (unpaired) electrons. The number of anilines is 1. The Kier molecular flexibility index (Phi) is 3.02. The molecule has 0 spiro atoms. The summed E-state index contributed by atoms with van der Waals surface area (Å²) in [5.74, 6) is -0.0866. The Hall–Kier alpha value is -1.82. The van der Waals surface area contributed by atoms with Crippen LogP contribution in [0.25, 0.3) is 0 Å². The Balaban J connectivity index is 1.70. The third-order valence-corrected chi connectivity index (χ3v) is 4.02. The highest BCUT2D eigenvalue weighted by atomic mass is 32.1. The van der Waals surface area contributed by atoms with Crippen LogP contribution in [-0.2, 0) is 6.54 Å². The van der Waals surface area contributed by atoms with Crippen LogP contribution in [0, 0.1) is 6.92 Å². The van der Waals surface area contributed by atoms with Crippen molar-refractivity contribution in [1.29, 1.82) is 0 Å². The van der Waals surface area contributed by atoms with Gasteiger partial charge in [0.2, 0.25) is 0 Å². The van der Waals surface area contributed by atoms with Crippen molar-refractivity contribution in [3.63, 3.8) is 0 Å². The van der Waals surface area contributed by atoms with Crippen molar-refractivity contribution in [2.75, 3.05) is 5.73 Å². The van der Waals surface area contributed by atoms with E-state index in [2.05, 4.69) is 10.3 Å². The zero-order chi connectivity index (χ0) is 13.4. The van der Waals surface area contributed by atoms with Crippen LogP contribution in [0.3, 0.4) is 0 Å². The van der Waals surface area contributed by atoms with E-state index in [4.69, 9.17) is 5.73 Å². The minimum Gasteiger partial charge on any atom is -0.397 e. The number of hydrogen-bond acceptors (Lipinski definition) is 4. The van der Waals surface area contributed by atoms with Crippen LogP contribution in [0.5, 0.6) is 0 Å². The molecule has 5 nitrogen and oxygen atoms in total. The highest BCUT2D eigenvalue weighted by Crippen LogP contribution is 2.37. The summed E-state index contributed by atoms with van der Waals surface area (Å²) in [4.78, 5) is 17.6. The van der Waals surface area contributed by atoms with Gasteiger partial charge in [0.15, 0.2) is 0 Å². The van der Waals surface area contributed by atoms with Crippen molar-refractivity contribution in [2.24, 2.45) is 0 Å². The molecule has 1 saturated carbocycles. The minimum atomic E-state index is -0.0866. The van der Waals surface area contributed by atoms with E-state index in [1.165, 1.54) is 0 Å². The van der Waals surface area contributed by atoms with Gasteiger partial charge in [0, 0.05) is 23.3 Å². The average molecular weight is 276 g/mol. The predicted molar refractivity (Wildman–Crippen MR) is 75.1 cm³/mol. The number of aromatic nitrogens is 2. The molecule has 1 amide bonds. The number of hydrogen-bond donors (Lipinski definition) is 2. The summed E-state index contributed by atoms with van der Waals surface area (Å²) in [6.45, 7) is 2.47. The van der Waals surface area contributed by atoms with Crippen LogP contribution < -0.4 is 11.1 Å². The second-order valence-corrected chi connectivity index (χ2v) is 6.16. The van der Waals surface area contributed by atoms with Crippen molar-refractivity contribution < 1.29 is 4.79 Å². The normalized spacial score (nSPS) is 14.6. The third-order valence-electron chi connectivity index (χ3n) is 3.11. The van der Waals surface area contributed by atoms with Gasteiger partial charge in [-0.3, -0.25) is 4.79 Å². The number of nitrogens with one attached hydrogen (secondary N) is 1. The van der Waals surface area contributed by atoms with Gasteiger partial charge in [-0.1, -0.05) is 0 Å². The number of nitrogens with two attached hydrogens (primary N) is 1. The van der Waals surface area contributed by atoms with E-state index >= 15 is 0 Å². The topological polar surface area (TPSA) is 72.9 Å². The number of rotatable bonds is 4.